The molecule has 1 aliphatic rings. The molecule has 1 N–H and O–H groups in total. The fourth-order valence-electron chi connectivity index (χ4n) is 3.58. The van der Waals surface area contributed by atoms with E-state index < -0.39 is 0 Å². The van der Waals surface area contributed by atoms with Crippen molar-refractivity contribution in [2.75, 3.05) is 6.54 Å². The van der Waals surface area contributed by atoms with Gasteiger partial charge < -0.3 is 9.88 Å². The number of amides is 1. The Morgan fingerprint density at radius 1 is 1.28 bits per heavy atom. The van der Waals surface area contributed by atoms with E-state index in [0.29, 0.717) is 13.1 Å². The molecule has 0 atom stereocenters. The number of hydrogen-bond donors (Lipinski definition) is 1. The van der Waals surface area contributed by atoms with Crippen molar-refractivity contribution in [3.63, 3.8) is 0 Å². The standard InChI is InChI=1S/C20H23N3OS/c1-14-12-15-6-2-4-8-17(15)23(14)13-19(24)21-11-10-20-22-16-7-3-5-9-18(16)25-20/h2,4,6,8,12H,3,5,7,9-11,13H2,1H3,(H,21,24). The van der Waals surface area contributed by atoms with Gasteiger partial charge in [-0.3, -0.25) is 4.79 Å². The van der Waals surface area contributed by atoms with E-state index in [-0.39, 0.29) is 5.91 Å². The summed E-state index contributed by atoms with van der Waals surface area (Å²) in [7, 11) is 0. The highest BCUT2D eigenvalue weighted by molar-refractivity contribution is 7.11. The first kappa shape index (κ1) is 16.3. The summed E-state index contributed by atoms with van der Waals surface area (Å²) in [5.41, 5.74) is 3.53. The summed E-state index contributed by atoms with van der Waals surface area (Å²) in [6, 6.07) is 10.3. The molecule has 0 unspecified atom stereocenters. The van der Waals surface area contributed by atoms with Crippen LogP contribution in [0.15, 0.2) is 30.3 Å². The molecule has 25 heavy (non-hydrogen) atoms. The number of para-hydroxylation sites is 1. The smallest absolute Gasteiger partial charge is 0.239 e. The first-order valence-electron chi connectivity index (χ1n) is 9.00. The number of aromatic nitrogens is 2. The van der Waals surface area contributed by atoms with Gasteiger partial charge in [0.2, 0.25) is 5.91 Å². The van der Waals surface area contributed by atoms with Gasteiger partial charge in [0, 0.05) is 29.1 Å². The SMILES string of the molecule is Cc1cc2ccccc2n1CC(=O)NCCc1nc2c(s1)CCCC2. The van der Waals surface area contributed by atoms with Crippen molar-refractivity contribution in [1.29, 1.82) is 0 Å². The molecule has 1 aromatic carbocycles. The van der Waals surface area contributed by atoms with Gasteiger partial charge in [-0.25, -0.2) is 4.98 Å². The first-order valence-corrected chi connectivity index (χ1v) is 9.81. The number of thiazole rings is 1. The maximum atomic E-state index is 12.3. The molecule has 1 aliphatic carbocycles. The van der Waals surface area contributed by atoms with Crippen molar-refractivity contribution in [2.24, 2.45) is 0 Å². The van der Waals surface area contributed by atoms with Crippen LogP contribution in [-0.4, -0.2) is 22.0 Å². The van der Waals surface area contributed by atoms with E-state index in [2.05, 4.69) is 28.1 Å². The van der Waals surface area contributed by atoms with Crippen molar-refractivity contribution >= 4 is 28.1 Å². The minimum atomic E-state index is 0.0609. The minimum Gasteiger partial charge on any atom is -0.354 e. The van der Waals surface area contributed by atoms with Crippen molar-refractivity contribution in [3.05, 3.63) is 51.6 Å². The van der Waals surface area contributed by atoms with Crippen LogP contribution in [0.5, 0.6) is 0 Å². The number of carbonyl (C=O) groups is 1. The van der Waals surface area contributed by atoms with Crippen LogP contribution in [0.25, 0.3) is 10.9 Å². The molecule has 1 amide bonds. The van der Waals surface area contributed by atoms with E-state index >= 15 is 0 Å². The molecule has 0 bridgehead atoms. The second kappa shape index (κ2) is 7.00. The average Bonchev–Trinajstić information content (AvgIpc) is 3.16. The van der Waals surface area contributed by atoms with Crippen molar-refractivity contribution in [1.82, 2.24) is 14.9 Å². The molecule has 0 fully saturated rings. The highest BCUT2D eigenvalue weighted by Crippen LogP contribution is 2.26. The molecule has 5 heteroatoms. The van der Waals surface area contributed by atoms with Gasteiger partial charge in [0.05, 0.1) is 10.7 Å². The van der Waals surface area contributed by atoms with Gasteiger partial charge in [-0.15, -0.1) is 11.3 Å². The maximum Gasteiger partial charge on any atom is 0.239 e. The number of carbonyl (C=O) groups excluding carboxylic acids is 1. The Morgan fingerprint density at radius 3 is 3.00 bits per heavy atom. The predicted octanol–water partition coefficient (Wildman–Crippen LogP) is 3.64. The summed E-state index contributed by atoms with van der Waals surface area (Å²) in [4.78, 5) is 18.5. The lowest BCUT2D eigenvalue weighted by atomic mass is 10.0. The number of aryl methyl sites for hydroxylation is 3. The summed E-state index contributed by atoms with van der Waals surface area (Å²) in [6.45, 7) is 3.07. The Hall–Kier alpha value is -2.14. The molecule has 3 aromatic rings. The molecular formula is C20H23N3OS. The molecule has 0 spiro atoms. The van der Waals surface area contributed by atoms with Crippen LogP contribution in [0.1, 0.15) is 34.1 Å². The number of fused-ring (bicyclic) bond motifs is 2. The van der Waals surface area contributed by atoms with Crippen LogP contribution in [0.3, 0.4) is 0 Å². The van der Waals surface area contributed by atoms with Crippen LogP contribution >= 0.6 is 11.3 Å². The molecule has 2 heterocycles. The summed E-state index contributed by atoms with van der Waals surface area (Å²) >= 11 is 1.83. The van der Waals surface area contributed by atoms with E-state index in [1.807, 2.05) is 30.4 Å². The highest BCUT2D eigenvalue weighted by atomic mass is 32.1. The lowest BCUT2D eigenvalue weighted by Crippen LogP contribution is -2.29. The maximum absolute atomic E-state index is 12.3. The molecular weight excluding hydrogens is 330 g/mol. The van der Waals surface area contributed by atoms with E-state index in [4.69, 9.17) is 4.98 Å². The molecule has 2 aromatic heterocycles. The minimum absolute atomic E-state index is 0.0609. The van der Waals surface area contributed by atoms with Crippen LogP contribution in [0.2, 0.25) is 0 Å². The van der Waals surface area contributed by atoms with Crippen molar-refractivity contribution < 1.29 is 4.79 Å². The third kappa shape index (κ3) is 3.47. The number of rotatable bonds is 5. The van der Waals surface area contributed by atoms with E-state index in [1.165, 1.54) is 35.2 Å². The summed E-state index contributed by atoms with van der Waals surface area (Å²) in [6.07, 6.45) is 5.68. The Kier molecular flexibility index (Phi) is 4.57. The fraction of sp³-hybridized carbons (Fsp3) is 0.400. The molecule has 0 aliphatic heterocycles. The van der Waals surface area contributed by atoms with E-state index in [0.717, 1.165) is 29.1 Å². The molecule has 4 nitrogen and oxygen atoms in total. The largest absolute Gasteiger partial charge is 0.354 e. The molecule has 4 rings (SSSR count). The zero-order valence-corrected chi connectivity index (χ0v) is 15.4. The first-order chi connectivity index (χ1) is 12.2. The zero-order valence-electron chi connectivity index (χ0n) is 14.5. The van der Waals surface area contributed by atoms with Gasteiger partial charge in [-0.1, -0.05) is 18.2 Å². The van der Waals surface area contributed by atoms with Gasteiger partial charge in [0.1, 0.15) is 6.54 Å². The lowest BCUT2D eigenvalue weighted by molar-refractivity contribution is -0.121. The Labute approximate surface area is 151 Å². The number of nitrogens with one attached hydrogen (secondary N) is 1. The second-order valence-corrected chi connectivity index (χ2v) is 7.88. The number of benzene rings is 1. The third-order valence-electron chi connectivity index (χ3n) is 4.87. The van der Waals surface area contributed by atoms with E-state index in [1.54, 1.807) is 0 Å². The van der Waals surface area contributed by atoms with Gasteiger partial charge >= 0.3 is 0 Å². The zero-order chi connectivity index (χ0) is 17.2. The fourth-order valence-corrected chi connectivity index (χ4v) is 4.74. The Balaban J connectivity index is 1.34. The van der Waals surface area contributed by atoms with Gasteiger partial charge in [-0.05, 0) is 50.1 Å². The predicted molar refractivity (Wildman–Crippen MR) is 102 cm³/mol. The lowest BCUT2D eigenvalue weighted by Gasteiger charge is -2.09. The summed E-state index contributed by atoms with van der Waals surface area (Å²) in [5, 5.41) is 5.39. The van der Waals surface area contributed by atoms with Crippen molar-refractivity contribution in [3.8, 4) is 0 Å². The average molecular weight is 353 g/mol. The Bertz CT molecular complexity index is 885. The number of hydrogen-bond acceptors (Lipinski definition) is 3. The van der Waals surface area contributed by atoms with Crippen LogP contribution in [-0.2, 0) is 30.6 Å². The summed E-state index contributed by atoms with van der Waals surface area (Å²) < 4.78 is 2.08. The Morgan fingerprint density at radius 2 is 2.12 bits per heavy atom. The van der Waals surface area contributed by atoms with Gasteiger partial charge in [0.15, 0.2) is 0 Å². The monoisotopic (exact) mass is 353 g/mol. The van der Waals surface area contributed by atoms with Crippen LogP contribution < -0.4 is 5.32 Å². The normalized spacial score (nSPS) is 13.8. The van der Waals surface area contributed by atoms with Gasteiger partial charge in [0.25, 0.3) is 0 Å². The second-order valence-electron chi connectivity index (χ2n) is 6.72. The summed E-state index contributed by atoms with van der Waals surface area (Å²) in [5.74, 6) is 0.0609. The quantitative estimate of drug-likeness (QED) is 0.761. The molecule has 0 radical (unpaired) electrons. The molecule has 0 saturated carbocycles. The van der Waals surface area contributed by atoms with Crippen LogP contribution in [0.4, 0.5) is 0 Å². The highest BCUT2D eigenvalue weighted by Gasteiger charge is 2.15. The van der Waals surface area contributed by atoms with Crippen molar-refractivity contribution in [2.45, 2.75) is 45.6 Å². The van der Waals surface area contributed by atoms with Crippen LogP contribution in [0, 0.1) is 6.92 Å². The third-order valence-corrected chi connectivity index (χ3v) is 6.09. The van der Waals surface area contributed by atoms with Gasteiger partial charge in [-0.2, -0.15) is 0 Å². The molecule has 0 saturated heterocycles. The topological polar surface area (TPSA) is 46.9 Å². The number of nitrogens with zero attached hydrogens (tertiary/aromatic N) is 2. The molecule has 130 valence electrons. The van der Waals surface area contributed by atoms with E-state index in [9.17, 15) is 4.79 Å².